The van der Waals surface area contributed by atoms with Crippen LogP contribution in [-0.4, -0.2) is 9.97 Å². The lowest BCUT2D eigenvalue weighted by molar-refractivity contribution is 0.524. The van der Waals surface area contributed by atoms with E-state index in [2.05, 4.69) is 53.3 Å². The Hall–Kier alpha value is -1.11. The van der Waals surface area contributed by atoms with E-state index in [4.69, 9.17) is 10.2 Å². The highest BCUT2D eigenvalue weighted by Gasteiger charge is 2.14. The highest BCUT2D eigenvalue weighted by molar-refractivity contribution is 14.1. The van der Waals surface area contributed by atoms with Crippen LogP contribution < -0.4 is 5.73 Å². The molecule has 0 aromatic carbocycles. The number of nitrogens with zero attached hydrogens (tertiary/aromatic N) is 2. The van der Waals surface area contributed by atoms with Crippen LogP contribution in [0.3, 0.4) is 0 Å². The van der Waals surface area contributed by atoms with Gasteiger partial charge in [0.1, 0.15) is 11.6 Å². The molecule has 0 bridgehead atoms. The number of rotatable bonds is 4. The largest absolute Gasteiger partial charge is 0.458 e. The smallest absolute Gasteiger partial charge is 0.197 e. The van der Waals surface area contributed by atoms with Gasteiger partial charge < -0.3 is 10.2 Å². The van der Waals surface area contributed by atoms with Gasteiger partial charge in [0, 0.05) is 6.42 Å². The average Bonchev–Trinajstić information content (AvgIpc) is 2.82. The SMILES string of the molecule is CCc1ccc(-c2nc(N)c(I)c(CC(C)C)n2)o1. The molecule has 0 saturated carbocycles. The molecule has 2 aromatic heterocycles. The van der Waals surface area contributed by atoms with Crippen LogP contribution in [0.5, 0.6) is 0 Å². The van der Waals surface area contributed by atoms with E-state index in [9.17, 15) is 0 Å². The van der Waals surface area contributed by atoms with Crippen molar-refractivity contribution in [2.24, 2.45) is 5.92 Å². The van der Waals surface area contributed by atoms with Crippen LogP contribution >= 0.6 is 22.6 Å². The zero-order valence-electron chi connectivity index (χ0n) is 11.4. The van der Waals surface area contributed by atoms with Gasteiger partial charge in [0.25, 0.3) is 0 Å². The van der Waals surface area contributed by atoms with Gasteiger partial charge in [0.15, 0.2) is 11.6 Å². The van der Waals surface area contributed by atoms with Crippen molar-refractivity contribution in [1.29, 1.82) is 0 Å². The fourth-order valence-corrected chi connectivity index (χ4v) is 2.29. The van der Waals surface area contributed by atoms with E-state index in [1.165, 1.54) is 0 Å². The van der Waals surface area contributed by atoms with E-state index in [0.717, 1.165) is 27.9 Å². The van der Waals surface area contributed by atoms with Crippen LogP contribution in [0.1, 0.15) is 32.2 Å². The molecule has 0 aliphatic carbocycles. The molecule has 2 heterocycles. The van der Waals surface area contributed by atoms with Gasteiger partial charge in [-0.15, -0.1) is 0 Å². The van der Waals surface area contributed by atoms with Crippen molar-refractivity contribution in [3.63, 3.8) is 0 Å². The zero-order valence-corrected chi connectivity index (χ0v) is 13.6. The molecule has 102 valence electrons. The number of aryl methyl sites for hydroxylation is 1. The van der Waals surface area contributed by atoms with E-state index in [1.807, 2.05) is 12.1 Å². The summed E-state index contributed by atoms with van der Waals surface area (Å²) in [4.78, 5) is 8.92. The maximum atomic E-state index is 5.97. The molecule has 0 spiro atoms. The normalized spacial score (nSPS) is 11.2. The second kappa shape index (κ2) is 5.90. The Morgan fingerprint density at radius 2 is 2.05 bits per heavy atom. The lowest BCUT2D eigenvalue weighted by atomic mass is 10.1. The van der Waals surface area contributed by atoms with Gasteiger partial charge in [-0.2, -0.15) is 0 Å². The first-order valence-electron chi connectivity index (χ1n) is 6.42. The van der Waals surface area contributed by atoms with Crippen LogP contribution in [0.2, 0.25) is 0 Å². The van der Waals surface area contributed by atoms with E-state index in [0.29, 0.717) is 23.3 Å². The molecule has 19 heavy (non-hydrogen) atoms. The third kappa shape index (κ3) is 3.26. The van der Waals surface area contributed by atoms with Gasteiger partial charge in [-0.3, -0.25) is 0 Å². The molecule has 0 saturated heterocycles. The van der Waals surface area contributed by atoms with Crippen molar-refractivity contribution in [1.82, 2.24) is 9.97 Å². The molecule has 2 rings (SSSR count). The molecule has 2 N–H and O–H groups in total. The number of anilines is 1. The average molecular weight is 371 g/mol. The summed E-state index contributed by atoms with van der Waals surface area (Å²) in [5.41, 5.74) is 6.97. The van der Waals surface area contributed by atoms with E-state index >= 15 is 0 Å². The minimum atomic E-state index is 0.524. The Bertz CT molecular complexity index is 578. The summed E-state index contributed by atoms with van der Waals surface area (Å²) in [7, 11) is 0. The van der Waals surface area contributed by atoms with Crippen LogP contribution in [0.15, 0.2) is 16.5 Å². The summed E-state index contributed by atoms with van der Waals surface area (Å²) in [5.74, 6) is 3.24. The molecule has 0 fully saturated rings. The Morgan fingerprint density at radius 3 is 2.63 bits per heavy atom. The Labute approximate surface area is 127 Å². The first-order chi connectivity index (χ1) is 9.01. The number of hydrogen-bond donors (Lipinski definition) is 1. The number of nitrogen functional groups attached to an aromatic ring is 1. The molecule has 4 nitrogen and oxygen atoms in total. The summed E-state index contributed by atoms with van der Waals surface area (Å²) in [5, 5.41) is 0. The Kier molecular flexibility index (Phi) is 4.44. The molecule has 0 unspecified atom stereocenters. The van der Waals surface area contributed by atoms with Gasteiger partial charge in [-0.05, 0) is 47.1 Å². The number of nitrogens with two attached hydrogens (primary N) is 1. The summed E-state index contributed by atoms with van der Waals surface area (Å²) < 4.78 is 6.63. The van der Waals surface area contributed by atoms with Crippen molar-refractivity contribution in [3.05, 3.63) is 27.2 Å². The topological polar surface area (TPSA) is 64.9 Å². The second-order valence-electron chi connectivity index (χ2n) is 4.91. The molecule has 0 amide bonds. The van der Waals surface area contributed by atoms with Gasteiger partial charge in [-0.25, -0.2) is 9.97 Å². The maximum Gasteiger partial charge on any atom is 0.197 e. The lowest BCUT2D eigenvalue weighted by Gasteiger charge is -2.09. The van der Waals surface area contributed by atoms with Gasteiger partial charge in [0.05, 0.1) is 9.26 Å². The summed E-state index contributed by atoms with van der Waals surface area (Å²) in [6.45, 7) is 6.38. The lowest BCUT2D eigenvalue weighted by Crippen LogP contribution is -2.07. The molecule has 0 radical (unpaired) electrons. The third-order valence-corrected chi connectivity index (χ3v) is 3.95. The summed E-state index contributed by atoms with van der Waals surface area (Å²) in [6, 6.07) is 3.86. The van der Waals surface area contributed by atoms with Gasteiger partial charge in [-0.1, -0.05) is 20.8 Å². The molecular weight excluding hydrogens is 353 g/mol. The Balaban J connectivity index is 2.43. The highest BCUT2D eigenvalue weighted by atomic mass is 127. The number of aromatic nitrogens is 2. The van der Waals surface area contributed by atoms with Crippen molar-refractivity contribution in [2.75, 3.05) is 5.73 Å². The number of halogens is 1. The molecular formula is C14H18IN3O. The first-order valence-corrected chi connectivity index (χ1v) is 7.50. The standard InChI is InChI=1S/C14H18IN3O/c1-4-9-5-6-11(19-9)14-17-10(7-8(2)3)12(15)13(16)18-14/h5-6,8H,4,7H2,1-3H3,(H2,16,17,18). The van der Waals surface area contributed by atoms with E-state index < -0.39 is 0 Å². The quantitative estimate of drug-likeness (QED) is 0.833. The fourth-order valence-electron chi connectivity index (χ4n) is 1.83. The van der Waals surface area contributed by atoms with Crippen molar-refractivity contribution in [3.8, 4) is 11.6 Å². The minimum Gasteiger partial charge on any atom is -0.458 e. The molecule has 2 aromatic rings. The molecule has 0 atom stereocenters. The molecule has 0 aliphatic rings. The summed E-state index contributed by atoms with van der Waals surface area (Å²) >= 11 is 2.21. The predicted octanol–water partition coefficient (Wildman–Crippen LogP) is 3.68. The van der Waals surface area contributed by atoms with Crippen LogP contribution in [-0.2, 0) is 12.8 Å². The monoisotopic (exact) mass is 371 g/mol. The van der Waals surface area contributed by atoms with Crippen molar-refractivity contribution < 1.29 is 4.42 Å². The molecule has 5 heteroatoms. The van der Waals surface area contributed by atoms with Gasteiger partial charge in [0.2, 0.25) is 0 Å². The minimum absolute atomic E-state index is 0.524. The van der Waals surface area contributed by atoms with Crippen LogP contribution in [0.4, 0.5) is 5.82 Å². The van der Waals surface area contributed by atoms with E-state index in [1.54, 1.807) is 0 Å². The van der Waals surface area contributed by atoms with Gasteiger partial charge >= 0.3 is 0 Å². The molecule has 0 aliphatic heterocycles. The van der Waals surface area contributed by atoms with E-state index in [-0.39, 0.29) is 0 Å². The second-order valence-corrected chi connectivity index (χ2v) is 5.99. The van der Waals surface area contributed by atoms with Crippen molar-refractivity contribution >= 4 is 28.4 Å². The number of hydrogen-bond acceptors (Lipinski definition) is 4. The van der Waals surface area contributed by atoms with Crippen molar-refractivity contribution in [2.45, 2.75) is 33.6 Å². The Morgan fingerprint density at radius 1 is 1.32 bits per heavy atom. The van der Waals surface area contributed by atoms with Crippen LogP contribution in [0.25, 0.3) is 11.6 Å². The summed E-state index contributed by atoms with van der Waals surface area (Å²) in [6.07, 6.45) is 1.75. The maximum absolute atomic E-state index is 5.97. The fraction of sp³-hybridized carbons (Fsp3) is 0.429. The van der Waals surface area contributed by atoms with Crippen LogP contribution in [0, 0.1) is 9.49 Å². The third-order valence-electron chi connectivity index (χ3n) is 2.78. The zero-order chi connectivity index (χ0) is 14.0. The number of furan rings is 1. The highest BCUT2D eigenvalue weighted by Crippen LogP contribution is 2.25. The first kappa shape index (κ1) is 14.3. The predicted molar refractivity (Wildman–Crippen MR) is 84.8 cm³/mol.